The lowest BCUT2D eigenvalue weighted by molar-refractivity contribution is 0.0142. The van der Waals surface area contributed by atoms with Crippen molar-refractivity contribution in [1.82, 2.24) is 4.90 Å². The molecule has 1 aromatic rings. The molecule has 1 saturated carbocycles. The van der Waals surface area contributed by atoms with Gasteiger partial charge >= 0.3 is 6.09 Å². The Morgan fingerprint density at radius 1 is 1.26 bits per heavy atom. The van der Waals surface area contributed by atoms with Crippen LogP contribution in [0.25, 0.3) is 0 Å². The van der Waals surface area contributed by atoms with Gasteiger partial charge in [0.25, 0.3) is 0 Å². The van der Waals surface area contributed by atoms with Crippen molar-refractivity contribution in [2.45, 2.75) is 64.1 Å². The molecule has 2 aliphatic heterocycles. The largest absolute Gasteiger partial charge is 0.444 e. The summed E-state index contributed by atoms with van der Waals surface area (Å²) in [6, 6.07) is 8.73. The molecule has 0 radical (unpaired) electrons. The second-order valence-corrected chi connectivity index (χ2v) is 7.97. The number of hydrogen-bond donors (Lipinski definition) is 0. The first-order valence-electron chi connectivity index (χ1n) is 8.59. The van der Waals surface area contributed by atoms with Crippen LogP contribution < -0.4 is 0 Å². The Labute approximate surface area is 137 Å². The van der Waals surface area contributed by atoms with Crippen molar-refractivity contribution in [2.24, 2.45) is 10.9 Å². The molecule has 3 aliphatic rings. The summed E-state index contributed by atoms with van der Waals surface area (Å²) in [5.41, 5.74) is 3.03. The minimum absolute atomic E-state index is 0.121. The normalized spacial score (nSPS) is 28.7. The third-order valence-corrected chi connectivity index (χ3v) is 5.16. The number of likely N-dealkylation sites (tertiary alicyclic amines) is 1. The first-order chi connectivity index (χ1) is 10.9. The van der Waals surface area contributed by atoms with E-state index >= 15 is 0 Å². The molecule has 1 aliphatic carbocycles. The van der Waals surface area contributed by atoms with Gasteiger partial charge in [0.2, 0.25) is 0 Å². The van der Waals surface area contributed by atoms with Crippen molar-refractivity contribution >= 4 is 17.5 Å². The summed E-state index contributed by atoms with van der Waals surface area (Å²) in [6.45, 7) is 5.78. The van der Waals surface area contributed by atoms with Crippen molar-refractivity contribution in [3.63, 3.8) is 0 Å². The Balaban J connectivity index is 1.61. The highest BCUT2D eigenvalue weighted by Gasteiger charge is 2.51. The van der Waals surface area contributed by atoms with Gasteiger partial charge in [-0.1, -0.05) is 18.2 Å². The minimum atomic E-state index is -0.454. The number of para-hydroxylation sites is 1. The van der Waals surface area contributed by atoms with Crippen LogP contribution in [0.2, 0.25) is 0 Å². The van der Waals surface area contributed by atoms with Crippen LogP contribution in [0.5, 0.6) is 0 Å². The molecule has 3 atom stereocenters. The zero-order valence-corrected chi connectivity index (χ0v) is 14.1. The van der Waals surface area contributed by atoms with Crippen molar-refractivity contribution in [3.05, 3.63) is 29.8 Å². The number of carbonyl (C=O) groups is 1. The molecule has 1 aromatic carbocycles. The van der Waals surface area contributed by atoms with E-state index in [0.29, 0.717) is 12.0 Å². The fraction of sp³-hybridized carbons (Fsp3) is 0.579. The third kappa shape index (κ3) is 2.54. The number of hydrogen-bond acceptors (Lipinski definition) is 3. The number of fused-ring (bicyclic) bond motifs is 3. The summed E-state index contributed by atoms with van der Waals surface area (Å²) in [5, 5.41) is 0. The van der Waals surface area contributed by atoms with Crippen LogP contribution in [-0.2, 0) is 11.2 Å². The third-order valence-electron chi connectivity index (χ3n) is 5.16. The van der Waals surface area contributed by atoms with E-state index in [1.165, 1.54) is 12.0 Å². The minimum Gasteiger partial charge on any atom is -0.444 e. The van der Waals surface area contributed by atoms with Gasteiger partial charge in [0.1, 0.15) is 5.60 Å². The summed E-state index contributed by atoms with van der Waals surface area (Å²) >= 11 is 0. The van der Waals surface area contributed by atoms with Gasteiger partial charge in [-0.15, -0.1) is 0 Å². The van der Waals surface area contributed by atoms with Gasteiger partial charge in [-0.2, -0.15) is 0 Å². The molecule has 1 unspecified atom stereocenters. The van der Waals surface area contributed by atoms with Crippen molar-refractivity contribution in [3.8, 4) is 0 Å². The predicted octanol–water partition coefficient (Wildman–Crippen LogP) is 4.10. The van der Waals surface area contributed by atoms with Gasteiger partial charge in [-0.25, -0.2) is 4.79 Å². The van der Waals surface area contributed by atoms with Crippen LogP contribution in [-0.4, -0.2) is 34.4 Å². The van der Waals surface area contributed by atoms with E-state index in [4.69, 9.17) is 9.73 Å². The molecular formula is C19H24N2O2. The standard InChI is InChI=1S/C19H24N2O2/c1-19(2,3)23-18(22)21-14-9-8-13(10-14)17(21)16-11-12-6-4-5-7-15(12)20-16/h4-7,13-14,17H,8-11H2,1-3H3/t13-,14+,17?/m0/s1. The number of nitrogens with zero attached hydrogens (tertiary/aromatic N) is 2. The fourth-order valence-corrected chi connectivity index (χ4v) is 4.32. The highest BCUT2D eigenvalue weighted by molar-refractivity contribution is 6.00. The number of benzene rings is 1. The number of aliphatic imine (C=N–C) groups is 1. The highest BCUT2D eigenvalue weighted by atomic mass is 16.6. The van der Waals surface area contributed by atoms with Crippen molar-refractivity contribution < 1.29 is 9.53 Å². The predicted molar refractivity (Wildman–Crippen MR) is 90.2 cm³/mol. The maximum Gasteiger partial charge on any atom is 0.411 e. The Kier molecular flexibility index (Phi) is 3.26. The molecule has 2 heterocycles. The Morgan fingerprint density at radius 2 is 2.04 bits per heavy atom. The summed E-state index contributed by atoms with van der Waals surface area (Å²) < 4.78 is 5.67. The van der Waals surface area contributed by atoms with Crippen LogP contribution in [0.1, 0.15) is 45.6 Å². The van der Waals surface area contributed by atoms with Crippen LogP contribution >= 0.6 is 0 Å². The lowest BCUT2D eigenvalue weighted by Crippen LogP contribution is -2.50. The number of piperidine rings is 1. The van der Waals surface area contributed by atoms with Crippen LogP contribution in [0, 0.1) is 5.92 Å². The molecule has 0 N–H and O–H groups in total. The van der Waals surface area contributed by atoms with E-state index in [-0.39, 0.29) is 12.1 Å². The Bertz CT molecular complexity index is 674. The molecule has 2 bridgehead atoms. The zero-order valence-electron chi connectivity index (χ0n) is 14.1. The lowest BCUT2D eigenvalue weighted by Gasteiger charge is -2.36. The molecular weight excluding hydrogens is 288 g/mol. The van der Waals surface area contributed by atoms with E-state index in [2.05, 4.69) is 18.2 Å². The second kappa shape index (κ2) is 5.08. The van der Waals surface area contributed by atoms with Crippen LogP contribution in [0.3, 0.4) is 0 Å². The molecule has 0 aromatic heterocycles. The van der Waals surface area contributed by atoms with Crippen LogP contribution in [0.15, 0.2) is 29.3 Å². The van der Waals surface area contributed by atoms with Gasteiger partial charge in [-0.3, -0.25) is 9.89 Å². The monoisotopic (exact) mass is 312 g/mol. The SMILES string of the molecule is CC(C)(C)OC(=O)N1C(C2=Nc3ccccc3C2)[C@H]2CC[C@@H]1C2. The maximum atomic E-state index is 12.7. The maximum absolute atomic E-state index is 12.7. The van der Waals surface area contributed by atoms with Gasteiger partial charge in [-0.05, 0) is 57.6 Å². The summed E-state index contributed by atoms with van der Waals surface area (Å²) in [5.74, 6) is 0.542. The number of rotatable bonds is 1. The number of ether oxygens (including phenoxy) is 1. The smallest absolute Gasteiger partial charge is 0.411 e. The van der Waals surface area contributed by atoms with E-state index in [1.807, 2.05) is 31.7 Å². The van der Waals surface area contributed by atoms with Crippen molar-refractivity contribution in [2.75, 3.05) is 0 Å². The van der Waals surface area contributed by atoms with E-state index in [0.717, 1.165) is 30.7 Å². The van der Waals surface area contributed by atoms with E-state index in [1.54, 1.807) is 0 Å². The molecule has 1 saturated heterocycles. The molecule has 4 nitrogen and oxygen atoms in total. The number of carbonyl (C=O) groups excluding carboxylic acids is 1. The van der Waals surface area contributed by atoms with Gasteiger partial charge in [0.15, 0.2) is 0 Å². The average Bonchev–Trinajstić information content (AvgIpc) is 3.17. The molecule has 122 valence electrons. The first-order valence-corrected chi connectivity index (χ1v) is 8.59. The van der Waals surface area contributed by atoms with E-state index in [9.17, 15) is 4.79 Å². The zero-order chi connectivity index (χ0) is 16.2. The molecule has 2 fully saturated rings. The second-order valence-electron chi connectivity index (χ2n) is 7.97. The Hall–Kier alpha value is -1.84. The molecule has 0 spiro atoms. The molecule has 23 heavy (non-hydrogen) atoms. The average molecular weight is 312 g/mol. The van der Waals surface area contributed by atoms with Crippen molar-refractivity contribution in [1.29, 1.82) is 0 Å². The fourth-order valence-electron chi connectivity index (χ4n) is 4.32. The molecule has 4 rings (SSSR count). The van der Waals surface area contributed by atoms with Gasteiger partial charge in [0.05, 0.1) is 11.7 Å². The summed E-state index contributed by atoms with van der Waals surface area (Å²) in [7, 11) is 0. The topological polar surface area (TPSA) is 41.9 Å². The first kappa shape index (κ1) is 14.7. The summed E-state index contributed by atoms with van der Waals surface area (Å²) in [4.78, 5) is 19.6. The lowest BCUT2D eigenvalue weighted by atomic mass is 9.92. The summed E-state index contributed by atoms with van der Waals surface area (Å²) in [6.07, 6.45) is 4.08. The van der Waals surface area contributed by atoms with Crippen LogP contribution in [0.4, 0.5) is 10.5 Å². The number of amides is 1. The Morgan fingerprint density at radius 3 is 2.78 bits per heavy atom. The van der Waals surface area contributed by atoms with E-state index < -0.39 is 5.60 Å². The molecule has 1 amide bonds. The quantitative estimate of drug-likeness (QED) is 0.783. The van der Waals surface area contributed by atoms with Gasteiger partial charge in [0, 0.05) is 18.2 Å². The molecule has 4 heteroatoms. The highest BCUT2D eigenvalue weighted by Crippen LogP contribution is 2.45. The van der Waals surface area contributed by atoms with Gasteiger partial charge < -0.3 is 4.74 Å².